The van der Waals surface area contributed by atoms with Crippen LogP contribution in [0.3, 0.4) is 0 Å². The largest absolute Gasteiger partial charge is 0.376 e. The lowest BCUT2D eigenvalue weighted by atomic mass is 9.93. The Bertz CT molecular complexity index is 565. The Labute approximate surface area is 125 Å². The van der Waals surface area contributed by atoms with Gasteiger partial charge in [-0.25, -0.2) is 0 Å². The summed E-state index contributed by atoms with van der Waals surface area (Å²) in [5, 5.41) is 7.36. The van der Waals surface area contributed by atoms with Crippen LogP contribution in [0, 0.1) is 5.92 Å². The van der Waals surface area contributed by atoms with Crippen LogP contribution in [0.5, 0.6) is 0 Å². The van der Waals surface area contributed by atoms with Gasteiger partial charge in [0.2, 0.25) is 0 Å². The molecule has 0 radical (unpaired) electrons. The van der Waals surface area contributed by atoms with Gasteiger partial charge in [0.05, 0.1) is 6.10 Å². The van der Waals surface area contributed by atoms with Crippen molar-refractivity contribution in [1.29, 1.82) is 0 Å². The van der Waals surface area contributed by atoms with E-state index in [9.17, 15) is 0 Å². The summed E-state index contributed by atoms with van der Waals surface area (Å²) in [5.41, 5.74) is 1.46. The van der Waals surface area contributed by atoms with E-state index in [4.69, 9.17) is 4.74 Å². The Hall–Kier alpha value is -0.900. The molecular formula is C17H23NOS. The average molecular weight is 289 g/mol. The number of rotatable bonds is 5. The van der Waals surface area contributed by atoms with E-state index >= 15 is 0 Å². The molecule has 0 spiro atoms. The number of benzene rings is 1. The van der Waals surface area contributed by atoms with E-state index in [1.165, 1.54) is 22.1 Å². The standard InChI is InChI=1S/C17H23NOS/c1-3-18-15(17-12(2)8-9-19-17)10-13-11-20-16-7-5-4-6-14(13)16/h4-7,11-12,15,17-18H,3,8-10H2,1-2H3. The quantitative estimate of drug-likeness (QED) is 0.903. The van der Waals surface area contributed by atoms with Crippen molar-refractivity contribution < 1.29 is 4.74 Å². The van der Waals surface area contributed by atoms with Crippen molar-refractivity contribution in [3.63, 3.8) is 0 Å². The van der Waals surface area contributed by atoms with Gasteiger partial charge in [-0.05, 0) is 47.7 Å². The van der Waals surface area contributed by atoms with E-state index in [1.807, 2.05) is 11.3 Å². The number of hydrogen-bond acceptors (Lipinski definition) is 3. The summed E-state index contributed by atoms with van der Waals surface area (Å²) in [7, 11) is 0. The van der Waals surface area contributed by atoms with Gasteiger partial charge in [-0.1, -0.05) is 32.0 Å². The summed E-state index contributed by atoms with van der Waals surface area (Å²) in [6, 6.07) is 9.13. The Balaban J connectivity index is 1.82. The van der Waals surface area contributed by atoms with E-state index in [2.05, 4.69) is 48.8 Å². The van der Waals surface area contributed by atoms with Crippen LogP contribution in [0.1, 0.15) is 25.8 Å². The van der Waals surface area contributed by atoms with Crippen LogP contribution in [0.25, 0.3) is 10.1 Å². The molecule has 1 aliphatic rings. The summed E-state index contributed by atoms with van der Waals surface area (Å²) in [6.45, 7) is 6.41. The molecule has 2 nitrogen and oxygen atoms in total. The lowest BCUT2D eigenvalue weighted by molar-refractivity contribution is 0.0616. The molecule has 3 unspecified atom stereocenters. The number of hydrogen-bond donors (Lipinski definition) is 1. The zero-order valence-electron chi connectivity index (χ0n) is 12.3. The molecule has 3 heteroatoms. The Morgan fingerprint density at radius 2 is 2.25 bits per heavy atom. The summed E-state index contributed by atoms with van der Waals surface area (Å²) < 4.78 is 7.37. The van der Waals surface area contributed by atoms with Crippen LogP contribution in [0.4, 0.5) is 0 Å². The number of fused-ring (bicyclic) bond motifs is 1. The monoisotopic (exact) mass is 289 g/mol. The van der Waals surface area contributed by atoms with Crippen molar-refractivity contribution >= 4 is 21.4 Å². The maximum absolute atomic E-state index is 5.98. The second-order valence-electron chi connectivity index (χ2n) is 5.73. The van der Waals surface area contributed by atoms with Crippen molar-refractivity contribution in [3.8, 4) is 0 Å². The second kappa shape index (κ2) is 6.25. The van der Waals surface area contributed by atoms with E-state index < -0.39 is 0 Å². The third kappa shape index (κ3) is 2.76. The predicted octanol–water partition coefficient (Wildman–Crippen LogP) is 3.85. The van der Waals surface area contributed by atoms with Crippen LogP contribution >= 0.6 is 11.3 Å². The van der Waals surface area contributed by atoms with Crippen LogP contribution in [0.2, 0.25) is 0 Å². The molecule has 2 heterocycles. The van der Waals surface area contributed by atoms with Gasteiger partial charge >= 0.3 is 0 Å². The molecule has 1 aromatic carbocycles. The third-order valence-corrected chi connectivity index (χ3v) is 5.32. The summed E-state index contributed by atoms with van der Waals surface area (Å²) in [4.78, 5) is 0. The van der Waals surface area contributed by atoms with Gasteiger partial charge < -0.3 is 10.1 Å². The Kier molecular flexibility index (Phi) is 4.39. The number of ether oxygens (including phenoxy) is 1. The predicted molar refractivity (Wildman–Crippen MR) is 86.5 cm³/mol. The normalized spacial score (nSPS) is 24.3. The van der Waals surface area contributed by atoms with Gasteiger partial charge in [0, 0.05) is 17.3 Å². The molecule has 0 aliphatic carbocycles. The molecule has 1 N–H and O–H groups in total. The van der Waals surface area contributed by atoms with Gasteiger partial charge in [-0.3, -0.25) is 0 Å². The van der Waals surface area contributed by atoms with Crippen LogP contribution in [-0.4, -0.2) is 25.3 Å². The van der Waals surface area contributed by atoms with Crippen LogP contribution in [-0.2, 0) is 11.2 Å². The molecule has 0 bridgehead atoms. The van der Waals surface area contributed by atoms with Crippen molar-refractivity contribution in [3.05, 3.63) is 35.2 Å². The molecule has 1 aromatic heterocycles. The minimum Gasteiger partial charge on any atom is -0.376 e. The van der Waals surface area contributed by atoms with Gasteiger partial charge in [0.1, 0.15) is 0 Å². The van der Waals surface area contributed by atoms with Crippen molar-refractivity contribution in [1.82, 2.24) is 5.32 Å². The lowest BCUT2D eigenvalue weighted by Crippen LogP contribution is -2.43. The van der Waals surface area contributed by atoms with Gasteiger partial charge in [-0.2, -0.15) is 0 Å². The first-order chi connectivity index (χ1) is 9.79. The summed E-state index contributed by atoms with van der Waals surface area (Å²) in [5.74, 6) is 0.656. The number of thiophene rings is 1. The Morgan fingerprint density at radius 3 is 3.00 bits per heavy atom. The maximum Gasteiger partial charge on any atom is 0.0757 e. The minimum absolute atomic E-state index is 0.355. The smallest absolute Gasteiger partial charge is 0.0757 e. The number of nitrogens with one attached hydrogen (secondary N) is 1. The first-order valence-corrected chi connectivity index (χ1v) is 8.47. The Morgan fingerprint density at radius 1 is 1.40 bits per heavy atom. The van der Waals surface area contributed by atoms with Crippen molar-refractivity contribution in [2.24, 2.45) is 5.92 Å². The molecule has 108 valence electrons. The fraction of sp³-hybridized carbons (Fsp3) is 0.529. The molecular weight excluding hydrogens is 266 g/mol. The molecule has 3 atom stereocenters. The highest BCUT2D eigenvalue weighted by atomic mass is 32.1. The van der Waals surface area contributed by atoms with Crippen LogP contribution in [0.15, 0.2) is 29.6 Å². The number of likely N-dealkylation sites (N-methyl/N-ethyl adjacent to an activating group) is 1. The van der Waals surface area contributed by atoms with E-state index in [1.54, 1.807) is 0 Å². The SMILES string of the molecule is CCNC(Cc1csc2ccccc12)C1OCCC1C. The minimum atomic E-state index is 0.355. The highest BCUT2D eigenvalue weighted by molar-refractivity contribution is 7.17. The summed E-state index contributed by atoms with van der Waals surface area (Å²) >= 11 is 1.85. The summed E-state index contributed by atoms with van der Waals surface area (Å²) in [6.07, 6.45) is 2.61. The average Bonchev–Trinajstić information content (AvgIpc) is 3.05. The molecule has 0 saturated carbocycles. The van der Waals surface area contributed by atoms with E-state index in [0.29, 0.717) is 18.1 Å². The molecule has 0 amide bonds. The molecule has 1 aliphatic heterocycles. The highest BCUT2D eigenvalue weighted by Gasteiger charge is 2.31. The molecule has 20 heavy (non-hydrogen) atoms. The molecule has 1 saturated heterocycles. The third-order valence-electron chi connectivity index (χ3n) is 4.31. The lowest BCUT2D eigenvalue weighted by Gasteiger charge is -2.26. The van der Waals surface area contributed by atoms with Gasteiger partial charge in [0.15, 0.2) is 0 Å². The zero-order chi connectivity index (χ0) is 13.9. The van der Waals surface area contributed by atoms with Crippen LogP contribution < -0.4 is 5.32 Å². The van der Waals surface area contributed by atoms with E-state index in [-0.39, 0.29) is 0 Å². The van der Waals surface area contributed by atoms with Gasteiger partial charge in [0.25, 0.3) is 0 Å². The fourth-order valence-corrected chi connectivity index (χ4v) is 4.20. The highest BCUT2D eigenvalue weighted by Crippen LogP contribution is 2.30. The van der Waals surface area contributed by atoms with Gasteiger partial charge in [-0.15, -0.1) is 11.3 Å². The maximum atomic E-state index is 5.98. The fourth-order valence-electron chi connectivity index (χ4n) is 3.23. The van der Waals surface area contributed by atoms with Crippen molar-refractivity contribution in [2.75, 3.05) is 13.2 Å². The second-order valence-corrected chi connectivity index (χ2v) is 6.64. The molecule has 1 fully saturated rings. The van der Waals surface area contributed by atoms with E-state index in [0.717, 1.165) is 19.6 Å². The van der Waals surface area contributed by atoms with Crippen molar-refractivity contribution in [2.45, 2.75) is 38.8 Å². The topological polar surface area (TPSA) is 21.3 Å². The molecule has 2 aromatic rings. The first kappa shape index (κ1) is 14.1. The first-order valence-electron chi connectivity index (χ1n) is 7.59. The zero-order valence-corrected chi connectivity index (χ0v) is 13.1. The molecule has 3 rings (SSSR count).